The number of carbonyl (C=O) groups is 1. The summed E-state index contributed by atoms with van der Waals surface area (Å²) < 4.78 is -1.04. The van der Waals surface area contributed by atoms with Gasteiger partial charge < -0.3 is 5.32 Å². The van der Waals surface area contributed by atoms with Gasteiger partial charge in [-0.15, -0.1) is 23.2 Å². The van der Waals surface area contributed by atoms with Crippen LogP contribution < -0.4 is 5.32 Å². The first kappa shape index (κ1) is 15.4. The molecule has 114 valence electrons. The first-order valence-electron chi connectivity index (χ1n) is 7.37. The Morgan fingerprint density at radius 3 is 2.41 bits per heavy atom. The molecule has 2 aromatic carbocycles. The largest absolute Gasteiger partial charge is 0.325 e. The molecule has 4 heteroatoms. The Labute approximate surface area is 140 Å². The summed E-state index contributed by atoms with van der Waals surface area (Å²) in [6.45, 7) is 2.06. The molecule has 1 aliphatic carbocycles. The van der Waals surface area contributed by atoms with Crippen molar-refractivity contribution in [3.63, 3.8) is 0 Å². The average Bonchev–Trinajstić information content (AvgIpc) is 3.11. The number of carbonyl (C=O) groups excluding carboxylic acids is 1. The summed E-state index contributed by atoms with van der Waals surface area (Å²) in [6.07, 6.45) is 0.857. The maximum atomic E-state index is 12.6. The van der Waals surface area contributed by atoms with Gasteiger partial charge in [0.1, 0.15) is 4.33 Å². The lowest BCUT2D eigenvalue weighted by atomic mass is 10.1. The fourth-order valence-electron chi connectivity index (χ4n) is 2.89. The van der Waals surface area contributed by atoms with Crippen LogP contribution in [0, 0.1) is 5.92 Å². The van der Waals surface area contributed by atoms with Gasteiger partial charge in [0, 0.05) is 11.6 Å². The molecule has 0 heterocycles. The van der Waals surface area contributed by atoms with Gasteiger partial charge in [0.05, 0.1) is 5.92 Å². The van der Waals surface area contributed by atoms with Crippen molar-refractivity contribution in [1.29, 1.82) is 0 Å². The topological polar surface area (TPSA) is 29.1 Å². The van der Waals surface area contributed by atoms with Crippen molar-refractivity contribution in [2.24, 2.45) is 5.92 Å². The van der Waals surface area contributed by atoms with Crippen LogP contribution in [0.25, 0.3) is 0 Å². The molecule has 0 spiro atoms. The average molecular weight is 334 g/mol. The third kappa shape index (κ3) is 2.73. The molecular formula is C18H17Cl2NO. The number of alkyl halides is 2. The van der Waals surface area contributed by atoms with Crippen molar-refractivity contribution < 1.29 is 4.79 Å². The smallest absolute Gasteiger partial charge is 0.231 e. The van der Waals surface area contributed by atoms with Gasteiger partial charge in [-0.2, -0.15) is 0 Å². The highest BCUT2D eigenvalue weighted by Gasteiger charge is 2.67. The van der Waals surface area contributed by atoms with Crippen LogP contribution in [-0.2, 0) is 11.2 Å². The van der Waals surface area contributed by atoms with Crippen molar-refractivity contribution in [3.8, 4) is 0 Å². The Balaban J connectivity index is 1.79. The van der Waals surface area contributed by atoms with Crippen LogP contribution in [0.4, 0.5) is 5.69 Å². The van der Waals surface area contributed by atoms with Crippen LogP contribution in [0.2, 0.25) is 0 Å². The number of rotatable bonds is 4. The summed E-state index contributed by atoms with van der Waals surface area (Å²) in [6, 6.07) is 17.5. The predicted octanol–water partition coefficient (Wildman–Crippen LogP) is 4.78. The van der Waals surface area contributed by atoms with E-state index in [1.54, 1.807) is 0 Å². The Bertz CT molecular complexity index is 684. The lowest BCUT2D eigenvalue weighted by Gasteiger charge is -2.09. The lowest BCUT2D eigenvalue weighted by Crippen LogP contribution is -2.18. The van der Waals surface area contributed by atoms with E-state index in [9.17, 15) is 4.79 Å². The van der Waals surface area contributed by atoms with Gasteiger partial charge in [-0.1, -0.05) is 55.5 Å². The molecule has 0 radical (unpaired) electrons. The van der Waals surface area contributed by atoms with Crippen molar-refractivity contribution in [2.75, 3.05) is 5.32 Å². The normalized spacial score (nSPS) is 22.1. The second-order valence-electron chi connectivity index (χ2n) is 5.54. The summed E-state index contributed by atoms with van der Waals surface area (Å²) in [5, 5.41) is 2.97. The second-order valence-corrected chi connectivity index (χ2v) is 6.98. The molecule has 2 atom stereocenters. The fraction of sp³-hybridized carbons (Fsp3) is 0.278. The number of halogens is 2. The maximum Gasteiger partial charge on any atom is 0.231 e. The first-order chi connectivity index (χ1) is 10.6. The molecule has 0 aromatic heterocycles. The third-order valence-corrected chi connectivity index (χ3v) is 5.09. The van der Waals surface area contributed by atoms with E-state index in [0.717, 1.165) is 23.2 Å². The number of hydrogen-bond acceptors (Lipinski definition) is 1. The van der Waals surface area contributed by atoms with Gasteiger partial charge in [-0.25, -0.2) is 0 Å². The number of hydrogen-bond donors (Lipinski definition) is 1. The van der Waals surface area contributed by atoms with Crippen molar-refractivity contribution in [1.82, 2.24) is 0 Å². The molecule has 1 aliphatic rings. The van der Waals surface area contributed by atoms with E-state index in [4.69, 9.17) is 23.2 Å². The van der Waals surface area contributed by atoms with E-state index in [1.807, 2.05) is 54.6 Å². The third-order valence-electron chi connectivity index (χ3n) is 4.15. The van der Waals surface area contributed by atoms with E-state index in [2.05, 4.69) is 12.2 Å². The van der Waals surface area contributed by atoms with Gasteiger partial charge in [-0.3, -0.25) is 4.79 Å². The van der Waals surface area contributed by atoms with E-state index < -0.39 is 10.3 Å². The van der Waals surface area contributed by atoms with Gasteiger partial charge >= 0.3 is 0 Å². The van der Waals surface area contributed by atoms with Crippen LogP contribution in [0.5, 0.6) is 0 Å². The zero-order chi connectivity index (χ0) is 15.7. The minimum atomic E-state index is -1.04. The van der Waals surface area contributed by atoms with Crippen LogP contribution in [0.1, 0.15) is 24.0 Å². The van der Waals surface area contributed by atoms with Crippen LogP contribution >= 0.6 is 23.2 Å². The molecule has 0 bridgehead atoms. The summed E-state index contributed by atoms with van der Waals surface area (Å²) in [5.74, 6) is -0.714. The van der Waals surface area contributed by atoms with E-state index in [1.165, 1.54) is 0 Å². The Kier molecular flexibility index (Phi) is 4.16. The fourth-order valence-corrected chi connectivity index (χ4v) is 3.72. The van der Waals surface area contributed by atoms with Crippen molar-refractivity contribution >= 4 is 34.8 Å². The molecule has 0 unspecified atom stereocenters. The zero-order valence-electron chi connectivity index (χ0n) is 12.2. The minimum absolute atomic E-state index is 0.125. The predicted molar refractivity (Wildman–Crippen MR) is 91.6 cm³/mol. The Morgan fingerprint density at radius 1 is 1.09 bits per heavy atom. The highest BCUT2D eigenvalue weighted by Crippen LogP contribution is 2.65. The van der Waals surface area contributed by atoms with Crippen molar-refractivity contribution in [3.05, 3.63) is 65.7 Å². The van der Waals surface area contributed by atoms with Crippen LogP contribution in [-0.4, -0.2) is 10.2 Å². The molecule has 1 amide bonds. The standard InChI is InChI=1S/C18H17Cl2NO/c1-2-12-8-6-7-11-14(12)21-17(22)16-15(18(16,19)20)13-9-4-3-5-10-13/h3-11,15-16H,2H2,1H3,(H,21,22)/t15-,16+/m1/s1. The number of para-hydroxylation sites is 1. The second kappa shape index (κ2) is 5.94. The molecule has 1 fully saturated rings. The molecule has 3 rings (SSSR count). The minimum Gasteiger partial charge on any atom is -0.325 e. The molecule has 1 N–H and O–H groups in total. The number of benzene rings is 2. The Morgan fingerprint density at radius 2 is 1.73 bits per heavy atom. The zero-order valence-corrected chi connectivity index (χ0v) is 13.7. The summed E-state index contributed by atoms with van der Waals surface area (Å²) in [7, 11) is 0. The first-order valence-corrected chi connectivity index (χ1v) is 8.12. The van der Waals surface area contributed by atoms with Gasteiger partial charge in [0.2, 0.25) is 5.91 Å². The summed E-state index contributed by atoms with van der Waals surface area (Å²) in [5.41, 5.74) is 2.93. The molecular weight excluding hydrogens is 317 g/mol. The van der Waals surface area contributed by atoms with Gasteiger partial charge in [0.25, 0.3) is 0 Å². The molecule has 0 aliphatic heterocycles. The maximum absolute atomic E-state index is 12.6. The van der Waals surface area contributed by atoms with E-state index >= 15 is 0 Å². The molecule has 1 saturated carbocycles. The SMILES string of the molecule is CCc1ccccc1NC(=O)[C@@H]1[C@@H](c2ccccc2)C1(Cl)Cl. The number of amides is 1. The summed E-state index contributed by atoms with van der Waals surface area (Å²) in [4.78, 5) is 12.6. The quantitative estimate of drug-likeness (QED) is 0.802. The summed E-state index contributed by atoms with van der Waals surface area (Å²) >= 11 is 12.7. The van der Waals surface area contributed by atoms with Crippen LogP contribution in [0.15, 0.2) is 54.6 Å². The van der Waals surface area contributed by atoms with Gasteiger partial charge in [-0.05, 0) is 23.6 Å². The number of aryl methyl sites for hydroxylation is 1. The van der Waals surface area contributed by atoms with E-state index in [-0.39, 0.29) is 11.8 Å². The molecule has 22 heavy (non-hydrogen) atoms. The molecule has 2 aromatic rings. The van der Waals surface area contributed by atoms with Gasteiger partial charge in [0.15, 0.2) is 0 Å². The monoisotopic (exact) mass is 333 g/mol. The highest BCUT2D eigenvalue weighted by atomic mass is 35.5. The van der Waals surface area contributed by atoms with E-state index in [0.29, 0.717) is 0 Å². The number of nitrogens with one attached hydrogen (secondary N) is 1. The van der Waals surface area contributed by atoms with Crippen molar-refractivity contribution in [2.45, 2.75) is 23.6 Å². The number of anilines is 1. The highest BCUT2D eigenvalue weighted by molar-refractivity contribution is 6.53. The molecule has 0 saturated heterocycles. The van der Waals surface area contributed by atoms with Crippen LogP contribution in [0.3, 0.4) is 0 Å². The Hall–Kier alpha value is -1.51. The molecule has 2 nitrogen and oxygen atoms in total. The lowest BCUT2D eigenvalue weighted by molar-refractivity contribution is -0.117.